The van der Waals surface area contributed by atoms with Crippen LogP contribution in [-0.4, -0.2) is 49.9 Å². The average Bonchev–Trinajstić information content (AvgIpc) is 2.91. The van der Waals surface area contributed by atoms with E-state index in [1.165, 1.54) is 20.2 Å². The molecule has 7 nitrogen and oxygen atoms in total. The van der Waals surface area contributed by atoms with Gasteiger partial charge in [0.15, 0.2) is 0 Å². The van der Waals surface area contributed by atoms with Crippen LogP contribution in [-0.2, 0) is 21.5 Å². The number of halogens is 2. The van der Waals surface area contributed by atoms with Gasteiger partial charge in [-0.05, 0) is 40.8 Å². The molecule has 0 radical (unpaired) electrons. The minimum Gasteiger partial charge on any atom is -0.465 e. The number of amides is 2. The van der Waals surface area contributed by atoms with Crippen LogP contribution in [0.5, 0.6) is 0 Å². The van der Waals surface area contributed by atoms with Gasteiger partial charge in [0.05, 0.1) is 34.4 Å². The molecule has 3 aromatic rings. The summed E-state index contributed by atoms with van der Waals surface area (Å²) in [5.41, 5.74) is 2.28. The Bertz CT molecular complexity index is 1420. The zero-order valence-corrected chi connectivity index (χ0v) is 23.1. The molecule has 39 heavy (non-hydrogen) atoms. The van der Waals surface area contributed by atoms with Crippen LogP contribution < -0.4 is 10.6 Å². The van der Waals surface area contributed by atoms with E-state index in [0.717, 1.165) is 22.8 Å². The summed E-state index contributed by atoms with van der Waals surface area (Å²) in [6.45, 7) is 5.26. The van der Waals surface area contributed by atoms with Gasteiger partial charge in [-0.3, -0.25) is 14.5 Å². The van der Waals surface area contributed by atoms with E-state index >= 15 is 0 Å². The van der Waals surface area contributed by atoms with Gasteiger partial charge in [0, 0.05) is 26.7 Å². The number of esters is 1. The molecule has 0 atom stereocenters. The van der Waals surface area contributed by atoms with Crippen molar-refractivity contribution in [3.05, 3.63) is 99.3 Å². The lowest BCUT2D eigenvalue weighted by molar-refractivity contribution is -0.128. The Labute approximate surface area is 232 Å². The fourth-order valence-electron chi connectivity index (χ4n) is 5.12. The predicted octanol–water partition coefficient (Wildman–Crippen LogP) is 5.14. The Kier molecular flexibility index (Phi) is 8.37. The average molecular weight is 552 g/mol. The van der Waals surface area contributed by atoms with Gasteiger partial charge in [-0.2, -0.15) is 0 Å². The summed E-state index contributed by atoms with van der Waals surface area (Å²) in [6.07, 6.45) is 0. The summed E-state index contributed by atoms with van der Waals surface area (Å²) in [5, 5.41) is 5.11. The molecule has 9 heteroatoms. The highest BCUT2D eigenvalue weighted by molar-refractivity contribution is 6.31. The van der Waals surface area contributed by atoms with E-state index in [0.29, 0.717) is 25.2 Å². The smallest absolute Gasteiger partial charge is 0.338 e. The van der Waals surface area contributed by atoms with Crippen LogP contribution in [0.2, 0.25) is 5.02 Å². The molecule has 2 amide bonds. The van der Waals surface area contributed by atoms with Crippen molar-refractivity contribution in [3.63, 3.8) is 0 Å². The van der Waals surface area contributed by atoms with Crippen molar-refractivity contribution in [1.29, 1.82) is 0 Å². The molecule has 4 rings (SSSR count). The SMILES string of the molecule is CNC(=O)c1cc(Cl)c(F)cc1NC(=O)C1(c2ccccc2C(C)C)CN(Cc2ccccc2C(=O)OC)C1. The van der Waals surface area contributed by atoms with E-state index in [1.54, 1.807) is 12.1 Å². The number of rotatable bonds is 8. The second-order valence-electron chi connectivity index (χ2n) is 9.96. The van der Waals surface area contributed by atoms with Gasteiger partial charge in [-0.25, -0.2) is 9.18 Å². The first-order valence-electron chi connectivity index (χ1n) is 12.6. The summed E-state index contributed by atoms with van der Waals surface area (Å²) < 4.78 is 19.4. The Morgan fingerprint density at radius 1 is 1.05 bits per heavy atom. The fourth-order valence-corrected chi connectivity index (χ4v) is 5.29. The molecule has 204 valence electrons. The van der Waals surface area contributed by atoms with E-state index < -0.39 is 23.1 Å². The molecule has 1 heterocycles. The van der Waals surface area contributed by atoms with Crippen LogP contribution >= 0.6 is 11.6 Å². The summed E-state index contributed by atoms with van der Waals surface area (Å²) in [4.78, 5) is 40.9. The zero-order chi connectivity index (χ0) is 28.3. The van der Waals surface area contributed by atoms with Crippen molar-refractivity contribution in [1.82, 2.24) is 10.2 Å². The number of carbonyl (C=O) groups is 3. The largest absolute Gasteiger partial charge is 0.465 e. The highest BCUT2D eigenvalue weighted by atomic mass is 35.5. The van der Waals surface area contributed by atoms with Gasteiger partial charge < -0.3 is 15.4 Å². The third kappa shape index (κ3) is 5.53. The second-order valence-corrected chi connectivity index (χ2v) is 10.4. The third-order valence-corrected chi connectivity index (χ3v) is 7.41. The summed E-state index contributed by atoms with van der Waals surface area (Å²) >= 11 is 5.94. The van der Waals surface area contributed by atoms with Crippen LogP contribution in [0.4, 0.5) is 10.1 Å². The van der Waals surface area contributed by atoms with Crippen molar-refractivity contribution in [3.8, 4) is 0 Å². The van der Waals surface area contributed by atoms with Crippen molar-refractivity contribution in [2.45, 2.75) is 31.7 Å². The Morgan fingerprint density at radius 3 is 2.38 bits per heavy atom. The predicted molar refractivity (Wildman–Crippen MR) is 149 cm³/mol. The van der Waals surface area contributed by atoms with Crippen molar-refractivity contribution in [2.24, 2.45) is 0 Å². The van der Waals surface area contributed by atoms with Crippen molar-refractivity contribution in [2.75, 3.05) is 32.6 Å². The molecule has 1 aliphatic rings. The molecule has 0 unspecified atom stereocenters. The standard InChI is InChI=1S/C30H31ClFN3O4/c1-18(2)20-10-7-8-12-23(20)30(16-35(17-30)15-19-9-5-6-11-21(19)28(37)39-4)29(38)34-26-14-25(32)24(31)13-22(26)27(36)33-3/h5-14,18H,15-17H2,1-4H3,(H,33,36)(H,34,38). The number of hydrogen-bond donors (Lipinski definition) is 2. The van der Waals surface area contributed by atoms with Crippen molar-refractivity contribution < 1.29 is 23.5 Å². The Morgan fingerprint density at radius 2 is 1.72 bits per heavy atom. The van der Waals surface area contributed by atoms with Gasteiger partial charge in [0.2, 0.25) is 5.91 Å². The number of nitrogens with one attached hydrogen (secondary N) is 2. The molecule has 0 aromatic heterocycles. The van der Waals surface area contributed by atoms with Crippen LogP contribution in [0.15, 0.2) is 60.7 Å². The second kappa shape index (κ2) is 11.6. The Hall–Kier alpha value is -3.75. The first-order valence-corrected chi connectivity index (χ1v) is 13.0. The molecule has 0 spiro atoms. The molecule has 2 N–H and O–H groups in total. The molecule has 1 saturated heterocycles. The number of ether oxygens (including phenoxy) is 1. The third-order valence-electron chi connectivity index (χ3n) is 7.12. The van der Waals surface area contributed by atoms with Gasteiger partial charge in [-0.1, -0.05) is 67.9 Å². The lowest BCUT2D eigenvalue weighted by Gasteiger charge is -2.50. The molecule has 1 fully saturated rings. The number of hydrogen-bond acceptors (Lipinski definition) is 5. The molecule has 0 bridgehead atoms. The molecule has 0 aliphatic carbocycles. The molecule has 0 saturated carbocycles. The van der Waals surface area contributed by atoms with Gasteiger partial charge in [0.25, 0.3) is 5.91 Å². The lowest BCUT2D eigenvalue weighted by atomic mass is 9.69. The number of methoxy groups -OCH3 is 1. The van der Waals surface area contributed by atoms with E-state index in [9.17, 15) is 18.8 Å². The number of benzene rings is 3. The molecule has 1 aliphatic heterocycles. The maximum atomic E-state index is 14.4. The topological polar surface area (TPSA) is 87.7 Å². The number of nitrogens with zero attached hydrogens (tertiary/aromatic N) is 1. The van der Waals surface area contributed by atoms with Crippen LogP contribution in [0.3, 0.4) is 0 Å². The summed E-state index contributed by atoms with van der Waals surface area (Å²) in [7, 11) is 2.79. The van der Waals surface area contributed by atoms with Gasteiger partial charge in [0.1, 0.15) is 5.82 Å². The first kappa shape index (κ1) is 28.3. The van der Waals surface area contributed by atoms with Gasteiger partial charge in [-0.15, -0.1) is 0 Å². The van der Waals surface area contributed by atoms with Crippen LogP contribution in [0.25, 0.3) is 0 Å². The summed E-state index contributed by atoms with van der Waals surface area (Å²) in [5.74, 6) is -1.88. The highest BCUT2D eigenvalue weighted by Crippen LogP contribution is 2.41. The van der Waals surface area contributed by atoms with Crippen molar-refractivity contribution >= 4 is 35.1 Å². The molecule has 3 aromatic carbocycles. The number of likely N-dealkylation sites (tertiary alicyclic amines) is 1. The quantitative estimate of drug-likeness (QED) is 0.378. The van der Waals surface area contributed by atoms with E-state index in [-0.39, 0.29) is 28.1 Å². The highest BCUT2D eigenvalue weighted by Gasteiger charge is 2.51. The number of anilines is 1. The van der Waals surface area contributed by atoms with Gasteiger partial charge >= 0.3 is 5.97 Å². The molecular formula is C30H31ClFN3O4. The number of carbonyl (C=O) groups excluding carboxylic acids is 3. The van der Waals surface area contributed by atoms with E-state index in [2.05, 4.69) is 29.4 Å². The monoisotopic (exact) mass is 551 g/mol. The minimum atomic E-state index is -0.975. The Balaban J connectivity index is 1.71. The van der Waals surface area contributed by atoms with Crippen LogP contribution in [0, 0.1) is 5.82 Å². The molecular weight excluding hydrogens is 521 g/mol. The van der Waals surface area contributed by atoms with Crippen LogP contribution in [0.1, 0.15) is 57.2 Å². The zero-order valence-electron chi connectivity index (χ0n) is 22.3. The normalized spacial score (nSPS) is 14.4. The maximum Gasteiger partial charge on any atom is 0.338 e. The van der Waals surface area contributed by atoms with E-state index in [4.69, 9.17) is 16.3 Å². The summed E-state index contributed by atoms with van der Waals surface area (Å²) in [6, 6.07) is 17.2. The first-order chi connectivity index (χ1) is 18.6. The van der Waals surface area contributed by atoms with E-state index in [1.807, 2.05) is 36.4 Å². The lowest BCUT2D eigenvalue weighted by Crippen LogP contribution is -2.65. The fraction of sp³-hybridized carbons (Fsp3) is 0.300. The minimum absolute atomic E-state index is 0.0390. The maximum absolute atomic E-state index is 14.4.